The second-order valence-corrected chi connectivity index (χ2v) is 9.70. The first-order valence-corrected chi connectivity index (χ1v) is 12.0. The highest BCUT2D eigenvalue weighted by Gasteiger charge is 2.21. The van der Waals surface area contributed by atoms with Crippen LogP contribution < -0.4 is 0 Å². The zero-order chi connectivity index (χ0) is 23.4. The molecule has 4 nitrogen and oxygen atoms in total. The first-order valence-electron chi connectivity index (χ1n) is 12.0. The number of hydrogen-bond donors (Lipinski definition) is 2. The zero-order valence-electron chi connectivity index (χ0n) is 20.0. The van der Waals surface area contributed by atoms with Gasteiger partial charge in [0.1, 0.15) is 11.4 Å². The Bertz CT molecular complexity index is 1710. The third-order valence-corrected chi connectivity index (χ3v) is 6.83. The van der Waals surface area contributed by atoms with Crippen molar-refractivity contribution in [2.75, 3.05) is 0 Å². The Balaban J connectivity index is 1.63. The van der Waals surface area contributed by atoms with E-state index >= 15 is 0 Å². The Morgan fingerprint density at radius 2 is 1.21 bits per heavy atom. The maximum absolute atomic E-state index is 4.96. The lowest BCUT2D eigenvalue weighted by molar-refractivity contribution is 0.792. The van der Waals surface area contributed by atoms with Gasteiger partial charge in [-0.25, -0.2) is 0 Å². The molecule has 0 saturated heterocycles. The fourth-order valence-electron chi connectivity index (χ4n) is 5.24. The minimum absolute atomic E-state index is 0.325. The first-order chi connectivity index (χ1) is 16.5. The molecule has 0 saturated carbocycles. The summed E-state index contributed by atoms with van der Waals surface area (Å²) in [5, 5.41) is 14.6. The summed E-state index contributed by atoms with van der Waals surface area (Å²) < 4.78 is 0. The lowest BCUT2D eigenvalue weighted by atomic mass is 9.87. The fraction of sp³-hybridized carbons (Fsp3) is 0.200. The van der Waals surface area contributed by atoms with E-state index in [0.29, 0.717) is 11.8 Å². The highest BCUT2D eigenvalue weighted by molar-refractivity contribution is 6.12. The van der Waals surface area contributed by atoms with Crippen molar-refractivity contribution in [2.45, 2.75) is 39.5 Å². The molecule has 6 rings (SSSR count). The van der Waals surface area contributed by atoms with Gasteiger partial charge in [-0.3, -0.25) is 0 Å². The predicted octanol–water partition coefficient (Wildman–Crippen LogP) is 9.62. The topological polar surface area (TPSA) is 56.3 Å². The van der Waals surface area contributed by atoms with Gasteiger partial charge in [0.25, 0.3) is 0 Å². The van der Waals surface area contributed by atoms with Gasteiger partial charge in [-0.2, -0.15) is 0 Å². The molecule has 6 aromatic rings. The van der Waals surface area contributed by atoms with Gasteiger partial charge in [0.15, 0.2) is 0 Å². The van der Waals surface area contributed by atoms with Gasteiger partial charge in [-0.1, -0.05) is 76.2 Å². The molecule has 0 amide bonds. The summed E-state index contributed by atoms with van der Waals surface area (Å²) in [4.78, 5) is 7.19. The number of rotatable bonds is 4. The molecule has 0 atom stereocenters. The average Bonchev–Trinajstić information content (AvgIpc) is 3.40. The molecule has 0 radical (unpaired) electrons. The molecule has 4 aromatic carbocycles. The summed E-state index contributed by atoms with van der Waals surface area (Å²) in [5.41, 5.74) is 8.72. The quantitative estimate of drug-likeness (QED) is 0.254. The van der Waals surface area contributed by atoms with Gasteiger partial charge < -0.3 is 9.97 Å². The molecule has 0 fully saturated rings. The number of para-hydroxylation sites is 3. The average molecular weight is 445 g/mol. The van der Waals surface area contributed by atoms with Crippen LogP contribution in [0.5, 0.6) is 0 Å². The Labute approximate surface area is 198 Å². The highest BCUT2D eigenvalue weighted by atomic mass is 15.1. The Morgan fingerprint density at radius 1 is 0.588 bits per heavy atom. The number of azo groups is 1. The maximum Gasteiger partial charge on any atom is 0.113 e. The van der Waals surface area contributed by atoms with Crippen molar-refractivity contribution in [1.29, 1.82) is 0 Å². The summed E-state index contributed by atoms with van der Waals surface area (Å²) >= 11 is 0. The SMILES string of the molecule is CC(C)c1cc2c([nH]c3ccccc32)c(N=Nc2cccc3c2[nH]c2ccccc23)c1C(C)C. The van der Waals surface area contributed by atoms with Crippen molar-refractivity contribution in [1.82, 2.24) is 9.97 Å². The second kappa shape index (κ2) is 7.84. The Hall–Kier alpha value is -3.92. The van der Waals surface area contributed by atoms with Crippen LogP contribution in [0.1, 0.15) is 50.7 Å². The van der Waals surface area contributed by atoms with Crippen LogP contribution in [-0.4, -0.2) is 9.97 Å². The summed E-state index contributed by atoms with van der Waals surface area (Å²) in [5.74, 6) is 0.715. The van der Waals surface area contributed by atoms with Crippen molar-refractivity contribution < 1.29 is 0 Å². The molecule has 0 aliphatic heterocycles. The standard InChI is InChI=1S/C30H28N4/c1-17(2)22-16-23-20-11-6-8-14-25(20)32-29(23)30(27(22)18(3)4)34-33-26-15-9-12-21-19-10-5-7-13-24(19)31-28(21)26/h5-18,31-32H,1-4H3. The van der Waals surface area contributed by atoms with Gasteiger partial charge in [-0.15, -0.1) is 10.2 Å². The smallest absolute Gasteiger partial charge is 0.113 e. The molecule has 34 heavy (non-hydrogen) atoms. The van der Waals surface area contributed by atoms with Gasteiger partial charge >= 0.3 is 0 Å². The molecule has 4 heteroatoms. The minimum Gasteiger partial charge on any atom is -0.353 e. The molecule has 0 bridgehead atoms. The van der Waals surface area contributed by atoms with Crippen LogP contribution in [-0.2, 0) is 0 Å². The molecule has 0 unspecified atom stereocenters. The van der Waals surface area contributed by atoms with Crippen molar-refractivity contribution in [3.63, 3.8) is 0 Å². The van der Waals surface area contributed by atoms with Crippen LogP contribution in [0, 0.1) is 0 Å². The number of aromatic nitrogens is 2. The number of hydrogen-bond acceptors (Lipinski definition) is 2. The third-order valence-electron chi connectivity index (χ3n) is 6.83. The largest absolute Gasteiger partial charge is 0.353 e. The number of benzene rings is 4. The molecule has 0 spiro atoms. The monoisotopic (exact) mass is 444 g/mol. The molecule has 2 heterocycles. The van der Waals surface area contributed by atoms with Gasteiger partial charge in [0.05, 0.1) is 11.0 Å². The van der Waals surface area contributed by atoms with Crippen LogP contribution in [0.2, 0.25) is 0 Å². The molecular weight excluding hydrogens is 416 g/mol. The molecular formula is C30H28N4. The number of fused-ring (bicyclic) bond motifs is 6. The zero-order valence-corrected chi connectivity index (χ0v) is 20.0. The third kappa shape index (κ3) is 3.13. The van der Waals surface area contributed by atoms with E-state index in [-0.39, 0.29) is 0 Å². The van der Waals surface area contributed by atoms with Crippen LogP contribution in [0.25, 0.3) is 43.6 Å². The normalized spacial score (nSPS) is 12.5. The molecule has 0 aliphatic rings. The van der Waals surface area contributed by atoms with Crippen LogP contribution >= 0.6 is 0 Å². The van der Waals surface area contributed by atoms with Crippen molar-refractivity contribution >= 4 is 55.0 Å². The minimum atomic E-state index is 0.325. The summed E-state index contributed by atoms with van der Waals surface area (Å²) in [6.45, 7) is 9.00. The summed E-state index contributed by atoms with van der Waals surface area (Å²) in [7, 11) is 0. The van der Waals surface area contributed by atoms with Crippen molar-refractivity contribution in [3.05, 3.63) is 83.9 Å². The Kier molecular flexibility index (Phi) is 4.77. The van der Waals surface area contributed by atoms with Gasteiger partial charge in [-0.05, 0) is 47.2 Å². The second-order valence-electron chi connectivity index (χ2n) is 9.70. The molecule has 2 N–H and O–H groups in total. The predicted molar refractivity (Wildman–Crippen MR) is 144 cm³/mol. The van der Waals surface area contributed by atoms with E-state index in [2.05, 4.69) is 104 Å². The van der Waals surface area contributed by atoms with E-state index < -0.39 is 0 Å². The van der Waals surface area contributed by atoms with Crippen LogP contribution in [0.4, 0.5) is 11.4 Å². The number of nitrogens with one attached hydrogen (secondary N) is 2. The Morgan fingerprint density at radius 3 is 1.88 bits per heavy atom. The van der Waals surface area contributed by atoms with E-state index in [1.807, 2.05) is 6.07 Å². The van der Waals surface area contributed by atoms with E-state index in [9.17, 15) is 0 Å². The lowest BCUT2D eigenvalue weighted by Gasteiger charge is -2.19. The number of nitrogens with zero attached hydrogens (tertiary/aromatic N) is 2. The first kappa shape index (κ1) is 20.7. The highest BCUT2D eigenvalue weighted by Crippen LogP contribution is 2.43. The molecule has 0 aliphatic carbocycles. The molecule has 168 valence electrons. The molecule has 2 aromatic heterocycles. The maximum atomic E-state index is 4.96. The van der Waals surface area contributed by atoms with E-state index in [0.717, 1.165) is 33.4 Å². The van der Waals surface area contributed by atoms with Crippen LogP contribution in [0.3, 0.4) is 0 Å². The van der Waals surface area contributed by atoms with Crippen molar-refractivity contribution in [2.24, 2.45) is 10.2 Å². The van der Waals surface area contributed by atoms with E-state index in [1.54, 1.807) is 0 Å². The van der Waals surface area contributed by atoms with Crippen LogP contribution in [0.15, 0.2) is 83.0 Å². The van der Waals surface area contributed by atoms with Gasteiger partial charge in [0, 0.05) is 32.6 Å². The lowest BCUT2D eigenvalue weighted by Crippen LogP contribution is -1.99. The van der Waals surface area contributed by atoms with E-state index in [4.69, 9.17) is 10.2 Å². The summed E-state index contributed by atoms with van der Waals surface area (Å²) in [6, 6.07) is 25.4. The van der Waals surface area contributed by atoms with Crippen molar-refractivity contribution in [3.8, 4) is 0 Å². The number of H-pyrrole nitrogens is 2. The fourth-order valence-corrected chi connectivity index (χ4v) is 5.24. The van der Waals surface area contributed by atoms with Gasteiger partial charge in [0.2, 0.25) is 0 Å². The van der Waals surface area contributed by atoms with E-state index in [1.165, 1.54) is 32.7 Å². The summed E-state index contributed by atoms with van der Waals surface area (Å²) in [6.07, 6.45) is 0. The number of aromatic amines is 2.